The number of rotatable bonds is 2. The zero-order valence-corrected chi connectivity index (χ0v) is 9.87. The van der Waals surface area contributed by atoms with Gasteiger partial charge < -0.3 is 10.4 Å². The monoisotopic (exact) mass is 247 g/mol. The first-order valence-corrected chi connectivity index (χ1v) is 5.91. The molecule has 2 rings (SSSR count). The number of amides is 1. The second kappa shape index (κ2) is 5.65. The summed E-state index contributed by atoms with van der Waals surface area (Å²) in [6, 6.07) is 4.28. The predicted molar refractivity (Wildman–Crippen MR) is 65.5 cm³/mol. The quantitative estimate of drug-likeness (QED) is 0.777. The van der Waals surface area contributed by atoms with Gasteiger partial charge in [0.1, 0.15) is 12.4 Å². The van der Waals surface area contributed by atoms with E-state index in [4.69, 9.17) is 5.11 Å². The highest BCUT2D eigenvalue weighted by molar-refractivity contribution is 5.95. The van der Waals surface area contributed by atoms with Gasteiger partial charge in [0, 0.05) is 11.6 Å². The van der Waals surface area contributed by atoms with Gasteiger partial charge in [-0.25, -0.2) is 4.39 Å². The van der Waals surface area contributed by atoms with Crippen molar-refractivity contribution in [3.8, 4) is 11.8 Å². The molecule has 1 saturated carbocycles. The van der Waals surface area contributed by atoms with Gasteiger partial charge >= 0.3 is 0 Å². The van der Waals surface area contributed by atoms with Crippen molar-refractivity contribution in [1.29, 1.82) is 0 Å². The van der Waals surface area contributed by atoms with Crippen LogP contribution in [0.3, 0.4) is 0 Å². The zero-order chi connectivity index (χ0) is 13.0. The molecule has 3 nitrogen and oxygen atoms in total. The molecule has 1 amide bonds. The van der Waals surface area contributed by atoms with Crippen LogP contribution in [0.5, 0.6) is 0 Å². The van der Waals surface area contributed by atoms with Crippen LogP contribution in [-0.2, 0) is 0 Å². The molecule has 1 aromatic carbocycles. The number of hydrogen-bond donors (Lipinski definition) is 2. The van der Waals surface area contributed by atoms with E-state index in [1.165, 1.54) is 18.2 Å². The summed E-state index contributed by atoms with van der Waals surface area (Å²) in [5.41, 5.74) is 0.524. The van der Waals surface area contributed by atoms with E-state index in [0.717, 1.165) is 19.3 Å². The molecule has 0 atom stereocenters. The van der Waals surface area contributed by atoms with Crippen LogP contribution in [-0.4, -0.2) is 23.7 Å². The third-order valence-electron chi connectivity index (χ3n) is 2.96. The molecule has 1 aliphatic carbocycles. The average Bonchev–Trinajstić information content (AvgIpc) is 2.32. The van der Waals surface area contributed by atoms with E-state index >= 15 is 0 Å². The van der Waals surface area contributed by atoms with Gasteiger partial charge in [-0.2, -0.15) is 0 Å². The minimum absolute atomic E-state index is 0.00615. The highest BCUT2D eigenvalue weighted by atomic mass is 19.1. The molecule has 2 N–H and O–H groups in total. The van der Waals surface area contributed by atoms with Gasteiger partial charge in [0.2, 0.25) is 0 Å². The Labute approximate surface area is 105 Å². The van der Waals surface area contributed by atoms with Crippen LogP contribution in [0.25, 0.3) is 0 Å². The predicted octanol–water partition coefficient (Wildman–Crippen LogP) is 1.45. The number of carbonyl (C=O) groups excluding carboxylic acids is 1. The second-order valence-electron chi connectivity index (χ2n) is 4.26. The molecular formula is C14H14FNO2. The molecule has 0 saturated heterocycles. The summed E-state index contributed by atoms with van der Waals surface area (Å²) in [4.78, 5) is 11.8. The number of aliphatic hydroxyl groups is 1. The maximum atomic E-state index is 13.6. The molecule has 0 radical (unpaired) electrons. The third-order valence-corrected chi connectivity index (χ3v) is 2.96. The molecule has 1 aromatic rings. The lowest BCUT2D eigenvalue weighted by Gasteiger charge is -2.26. The molecule has 0 spiro atoms. The minimum Gasteiger partial charge on any atom is -0.384 e. The lowest BCUT2D eigenvalue weighted by atomic mass is 9.93. The maximum absolute atomic E-state index is 13.6. The van der Waals surface area contributed by atoms with E-state index in [0.29, 0.717) is 5.56 Å². The van der Waals surface area contributed by atoms with Crippen molar-refractivity contribution >= 4 is 5.91 Å². The van der Waals surface area contributed by atoms with E-state index in [9.17, 15) is 9.18 Å². The third kappa shape index (κ3) is 2.88. The van der Waals surface area contributed by atoms with Gasteiger partial charge in [-0.05, 0) is 37.5 Å². The molecular weight excluding hydrogens is 233 g/mol. The van der Waals surface area contributed by atoms with Crippen molar-refractivity contribution in [3.63, 3.8) is 0 Å². The Morgan fingerprint density at radius 1 is 1.50 bits per heavy atom. The highest BCUT2D eigenvalue weighted by Crippen LogP contribution is 2.19. The lowest BCUT2D eigenvalue weighted by molar-refractivity contribution is 0.0913. The number of nitrogens with one attached hydrogen (secondary N) is 1. The SMILES string of the molecule is O=C(NC1CCC1)c1cc(C#CCO)ccc1F. The summed E-state index contributed by atoms with van der Waals surface area (Å²) >= 11 is 0. The molecule has 0 heterocycles. The zero-order valence-electron chi connectivity index (χ0n) is 9.87. The molecule has 0 unspecified atom stereocenters. The lowest BCUT2D eigenvalue weighted by Crippen LogP contribution is -2.39. The van der Waals surface area contributed by atoms with E-state index in [1.54, 1.807) is 0 Å². The van der Waals surface area contributed by atoms with Crippen LogP contribution in [0.15, 0.2) is 18.2 Å². The van der Waals surface area contributed by atoms with Crippen molar-refractivity contribution in [2.24, 2.45) is 0 Å². The first-order valence-electron chi connectivity index (χ1n) is 5.91. The van der Waals surface area contributed by atoms with Crippen molar-refractivity contribution in [2.45, 2.75) is 25.3 Å². The van der Waals surface area contributed by atoms with E-state index in [-0.39, 0.29) is 18.2 Å². The molecule has 0 aliphatic heterocycles. The summed E-state index contributed by atoms with van der Waals surface area (Å²) in [6.07, 6.45) is 3.02. The number of aliphatic hydroxyl groups excluding tert-OH is 1. The van der Waals surface area contributed by atoms with Crippen molar-refractivity contribution in [2.75, 3.05) is 6.61 Å². The summed E-state index contributed by atoms with van der Waals surface area (Å²) in [5, 5.41) is 11.4. The number of benzene rings is 1. The second-order valence-corrected chi connectivity index (χ2v) is 4.26. The topological polar surface area (TPSA) is 49.3 Å². The van der Waals surface area contributed by atoms with E-state index < -0.39 is 11.7 Å². The summed E-state index contributed by atoms with van der Waals surface area (Å²) in [5.74, 6) is 4.16. The van der Waals surface area contributed by atoms with Crippen LogP contribution in [0.2, 0.25) is 0 Å². The Kier molecular flexibility index (Phi) is 3.96. The number of carbonyl (C=O) groups is 1. The first kappa shape index (κ1) is 12.6. The maximum Gasteiger partial charge on any atom is 0.254 e. The van der Waals surface area contributed by atoms with Crippen LogP contribution in [0, 0.1) is 17.7 Å². The molecule has 94 valence electrons. The van der Waals surface area contributed by atoms with Gasteiger partial charge in [-0.3, -0.25) is 4.79 Å². The summed E-state index contributed by atoms with van der Waals surface area (Å²) in [7, 11) is 0. The fourth-order valence-corrected chi connectivity index (χ4v) is 1.73. The summed E-state index contributed by atoms with van der Waals surface area (Å²) in [6.45, 7) is -0.263. The molecule has 1 fully saturated rings. The number of halogens is 1. The Morgan fingerprint density at radius 2 is 2.28 bits per heavy atom. The van der Waals surface area contributed by atoms with Gasteiger partial charge in [-0.15, -0.1) is 0 Å². The minimum atomic E-state index is -0.554. The van der Waals surface area contributed by atoms with Crippen molar-refractivity contribution in [1.82, 2.24) is 5.32 Å². The molecule has 1 aliphatic rings. The number of hydrogen-bond acceptors (Lipinski definition) is 2. The summed E-state index contributed by atoms with van der Waals surface area (Å²) < 4.78 is 13.6. The van der Waals surface area contributed by atoms with Crippen molar-refractivity contribution in [3.05, 3.63) is 35.1 Å². The van der Waals surface area contributed by atoms with Gasteiger partial charge in [-0.1, -0.05) is 11.8 Å². The smallest absolute Gasteiger partial charge is 0.254 e. The Balaban J connectivity index is 2.16. The van der Waals surface area contributed by atoms with Gasteiger partial charge in [0.15, 0.2) is 0 Å². The molecule has 0 bridgehead atoms. The van der Waals surface area contributed by atoms with Gasteiger partial charge in [0.25, 0.3) is 5.91 Å². The van der Waals surface area contributed by atoms with Crippen molar-refractivity contribution < 1.29 is 14.3 Å². The van der Waals surface area contributed by atoms with Crippen LogP contribution in [0.1, 0.15) is 35.2 Å². The van der Waals surface area contributed by atoms with E-state index in [2.05, 4.69) is 17.2 Å². The Hall–Kier alpha value is -1.86. The normalized spacial score (nSPS) is 14.3. The average molecular weight is 247 g/mol. The van der Waals surface area contributed by atoms with Crippen LogP contribution in [0.4, 0.5) is 4.39 Å². The molecule has 4 heteroatoms. The fraction of sp³-hybridized carbons (Fsp3) is 0.357. The van der Waals surface area contributed by atoms with Crippen LogP contribution >= 0.6 is 0 Å². The first-order chi connectivity index (χ1) is 8.70. The largest absolute Gasteiger partial charge is 0.384 e. The molecule has 0 aromatic heterocycles. The Morgan fingerprint density at radius 3 is 2.89 bits per heavy atom. The highest BCUT2D eigenvalue weighted by Gasteiger charge is 2.21. The van der Waals surface area contributed by atoms with E-state index in [1.807, 2.05) is 0 Å². The fourth-order valence-electron chi connectivity index (χ4n) is 1.73. The van der Waals surface area contributed by atoms with Crippen LogP contribution < -0.4 is 5.32 Å². The Bertz CT molecular complexity index is 512. The van der Waals surface area contributed by atoms with Gasteiger partial charge in [0.05, 0.1) is 5.56 Å². The standard InChI is InChI=1S/C14H14FNO2/c15-13-7-6-10(3-2-8-17)9-12(13)14(18)16-11-4-1-5-11/h6-7,9,11,17H,1,4-5,8H2,(H,16,18). The molecule has 18 heavy (non-hydrogen) atoms.